The second-order valence-electron chi connectivity index (χ2n) is 7.41. The van der Waals surface area contributed by atoms with Gasteiger partial charge in [-0.2, -0.15) is 0 Å². The summed E-state index contributed by atoms with van der Waals surface area (Å²) in [6.45, 7) is 0.686. The second kappa shape index (κ2) is 9.28. The summed E-state index contributed by atoms with van der Waals surface area (Å²) in [5, 5.41) is 15.8. The summed E-state index contributed by atoms with van der Waals surface area (Å²) >= 11 is 0. The van der Waals surface area contributed by atoms with Crippen LogP contribution < -0.4 is 10.6 Å². The number of nitrogens with zero attached hydrogens (tertiary/aromatic N) is 3. The van der Waals surface area contributed by atoms with Crippen LogP contribution in [0.25, 0.3) is 16.5 Å². The zero-order valence-electron chi connectivity index (χ0n) is 16.4. The Morgan fingerprint density at radius 1 is 1.07 bits per heavy atom. The Kier molecular flexibility index (Phi) is 6.10. The van der Waals surface area contributed by atoms with Gasteiger partial charge in [-0.3, -0.25) is 4.98 Å². The number of hydrogen-bond donors (Lipinski definition) is 3. The largest absolute Gasteiger partial charge is 0.386 e. The van der Waals surface area contributed by atoms with Gasteiger partial charge in [0.1, 0.15) is 12.1 Å². The summed E-state index contributed by atoms with van der Waals surface area (Å²) in [6, 6.07) is 10.5. The average molecular weight is 387 g/mol. The molecular formula is C23H26N6. The first kappa shape index (κ1) is 19.1. The summed E-state index contributed by atoms with van der Waals surface area (Å²) in [5.74, 6) is 0.887. The predicted octanol–water partition coefficient (Wildman–Crippen LogP) is 4.55. The maximum atomic E-state index is 7.86. The number of fused-ring (bicyclic) bond motifs is 1. The minimum absolute atomic E-state index is 0.477. The van der Waals surface area contributed by atoms with Gasteiger partial charge in [0, 0.05) is 48.4 Å². The van der Waals surface area contributed by atoms with Crippen LogP contribution >= 0.6 is 0 Å². The van der Waals surface area contributed by atoms with Gasteiger partial charge in [-0.15, -0.1) is 0 Å². The Morgan fingerprint density at radius 2 is 1.90 bits per heavy atom. The number of benzene rings is 1. The fourth-order valence-corrected chi connectivity index (χ4v) is 3.78. The Labute approximate surface area is 171 Å². The number of anilines is 1. The van der Waals surface area contributed by atoms with Gasteiger partial charge in [0.25, 0.3) is 0 Å². The lowest BCUT2D eigenvalue weighted by atomic mass is 9.95. The molecular weight excluding hydrogens is 360 g/mol. The molecule has 0 spiro atoms. The van der Waals surface area contributed by atoms with E-state index in [1.165, 1.54) is 38.3 Å². The maximum Gasteiger partial charge on any atom is 0.137 e. The van der Waals surface area contributed by atoms with Crippen molar-refractivity contribution in [3.05, 3.63) is 66.4 Å². The topological polar surface area (TPSA) is 86.6 Å². The number of pyridine rings is 1. The third-order valence-electron chi connectivity index (χ3n) is 5.38. The molecule has 0 bridgehead atoms. The number of aromatic nitrogens is 3. The standard InChI is InChI=1S/C23H26N6/c24-13-19(15-26-14-17-8-10-25-11-9-17)18-6-7-22-21(12-18)23(28-16-27-22)29-20-4-2-1-3-5-20/h6-13,15-16,20,24,26H,1-5,14H2,(H,27,28,29)/b19-15+,24-13?. The van der Waals surface area contributed by atoms with Crippen LogP contribution in [0.2, 0.25) is 0 Å². The molecule has 6 heteroatoms. The van der Waals surface area contributed by atoms with E-state index in [0.29, 0.717) is 12.6 Å². The van der Waals surface area contributed by atoms with E-state index in [0.717, 1.165) is 33.4 Å². The lowest BCUT2D eigenvalue weighted by Gasteiger charge is -2.23. The van der Waals surface area contributed by atoms with Gasteiger partial charge in [0.2, 0.25) is 0 Å². The van der Waals surface area contributed by atoms with Gasteiger partial charge in [-0.05, 0) is 48.2 Å². The molecule has 2 aromatic heterocycles. The van der Waals surface area contributed by atoms with Crippen molar-refractivity contribution < 1.29 is 0 Å². The van der Waals surface area contributed by atoms with Gasteiger partial charge >= 0.3 is 0 Å². The van der Waals surface area contributed by atoms with Crippen LogP contribution in [0.4, 0.5) is 5.82 Å². The molecule has 1 saturated carbocycles. The number of rotatable bonds is 7. The number of nitrogens with one attached hydrogen (secondary N) is 3. The normalized spacial score (nSPS) is 15.2. The quantitative estimate of drug-likeness (QED) is 0.519. The van der Waals surface area contributed by atoms with E-state index in [2.05, 4.69) is 31.7 Å². The molecule has 3 N–H and O–H groups in total. The van der Waals surface area contributed by atoms with Gasteiger partial charge in [-0.25, -0.2) is 9.97 Å². The Bertz CT molecular complexity index is 993. The van der Waals surface area contributed by atoms with Crippen LogP contribution in [0.15, 0.2) is 55.3 Å². The third kappa shape index (κ3) is 4.77. The van der Waals surface area contributed by atoms with Crippen molar-refractivity contribution in [1.29, 1.82) is 5.41 Å². The van der Waals surface area contributed by atoms with Crippen molar-refractivity contribution >= 4 is 28.5 Å². The number of hydrogen-bond acceptors (Lipinski definition) is 6. The highest BCUT2D eigenvalue weighted by Crippen LogP contribution is 2.27. The molecule has 6 nitrogen and oxygen atoms in total. The van der Waals surface area contributed by atoms with Crippen LogP contribution in [-0.4, -0.2) is 27.2 Å². The third-order valence-corrected chi connectivity index (χ3v) is 5.38. The average Bonchev–Trinajstić information content (AvgIpc) is 2.78. The van der Waals surface area contributed by atoms with Crippen LogP contribution in [-0.2, 0) is 6.54 Å². The van der Waals surface area contributed by atoms with Crippen LogP contribution in [0.1, 0.15) is 43.2 Å². The Hall–Kier alpha value is -3.28. The van der Waals surface area contributed by atoms with Gasteiger partial charge in [-0.1, -0.05) is 25.3 Å². The molecule has 0 radical (unpaired) electrons. The summed E-state index contributed by atoms with van der Waals surface area (Å²) in [7, 11) is 0. The molecule has 148 valence electrons. The molecule has 1 aromatic carbocycles. The molecule has 0 atom stereocenters. The van der Waals surface area contributed by atoms with Crippen molar-refractivity contribution in [3.63, 3.8) is 0 Å². The first-order valence-electron chi connectivity index (χ1n) is 10.2. The molecule has 1 aliphatic carbocycles. The summed E-state index contributed by atoms with van der Waals surface area (Å²) in [5.41, 5.74) is 3.84. The van der Waals surface area contributed by atoms with Crippen LogP contribution in [0.3, 0.4) is 0 Å². The van der Waals surface area contributed by atoms with E-state index < -0.39 is 0 Å². The number of allylic oxidation sites excluding steroid dienone is 1. The van der Waals surface area contributed by atoms with Crippen molar-refractivity contribution in [2.75, 3.05) is 5.32 Å². The van der Waals surface area contributed by atoms with E-state index in [-0.39, 0.29) is 0 Å². The van der Waals surface area contributed by atoms with E-state index in [1.54, 1.807) is 18.7 Å². The summed E-state index contributed by atoms with van der Waals surface area (Å²) in [4.78, 5) is 13.0. The molecule has 1 aliphatic rings. The monoisotopic (exact) mass is 386 g/mol. The highest BCUT2D eigenvalue weighted by atomic mass is 15.0. The maximum absolute atomic E-state index is 7.86. The zero-order chi connectivity index (χ0) is 19.9. The van der Waals surface area contributed by atoms with E-state index in [4.69, 9.17) is 5.41 Å². The molecule has 0 unspecified atom stereocenters. The van der Waals surface area contributed by atoms with Crippen molar-refractivity contribution in [2.45, 2.75) is 44.7 Å². The fourth-order valence-electron chi connectivity index (χ4n) is 3.78. The zero-order valence-corrected chi connectivity index (χ0v) is 16.4. The molecule has 0 aliphatic heterocycles. The second-order valence-corrected chi connectivity index (χ2v) is 7.41. The van der Waals surface area contributed by atoms with E-state index >= 15 is 0 Å². The van der Waals surface area contributed by atoms with Gasteiger partial charge in [0.15, 0.2) is 0 Å². The molecule has 0 saturated heterocycles. The van der Waals surface area contributed by atoms with Crippen molar-refractivity contribution in [2.24, 2.45) is 0 Å². The molecule has 1 fully saturated rings. The van der Waals surface area contributed by atoms with Gasteiger partial charge in [0.05, 0.1) is 5.52 Å². The van der Waals surface area contributed by atoms with Gasteiger partial charge < -0.3 is 16.0 Å². The highest BCUT2D eigenvalue weighted by molar-refractivity contribution is 6.09. The fraction of sp³-hybridized carbons (Fsp3) is 0.304. The molecule has 29 heavy (non-hydrogen) atoms. The molecule has 2 heterocycles. The lowest BCUT2D eigenvalue weighted by Crippen LogP contribution is -2.23. The molecule has 4 rings (SSSR count). The first-order chi connectivity index (χ1) is 14.3. The predicted molar refractivity (Wildman–Crippen MR) is 118 cm³/mol. The van der Waals surface area contributed by atoms with E-state index in [1.807, 2.05) is 30.5 Å². The van der Waals surface area contributed by atoms with Crippen molar-refractivity contribution in [1.82, 2.24) is 20.3 Å². The Morgan fingerprint density at radius 3 is 2.69 bits per heavy atom. The summed E-state index contributed by atoms with van der Waals surface area (Å²) < 4.78 is 0. The SMILES string of the molecule is N=C/C(=C\NCc1ccncc1)c1ccc2ncnc(NC3CCCCC3)c2c1. The van der Waals surface area contributed by atoms with Crippen LogP contribution in [0, 0.1) is 5.41 Å². The lowest BCUT2D eigenvalue weighted by molar-refractivity contribution is 0.462. The highest BCUT2D eigenvalue weighted by Gasteiger charge is 2.15. The first-order valence-corrected chi connectivity index (χ1v) is 10.2. The minimum atomic E-state index is 0.477. The van der Waals surface area contributed by atoms with Crippen molar-refractivity contribution in [3.8, 4) is 0 Å². The molecule has 3 aromatic rings. The molecule has 0 amide bonds. The summed E-state index contributed by atoms with van der Waals surface area (Å²) in [6.07, 6.45) is 14.7. The van der Waals surface area contributed by atoms with Crippen LogP contribution in [0.5, 0.6) is 0 Å². The van der Waals surface area contributed by atoms with E-state index in [9.17, 15) is 0 Å². The minimum Gasteiger partial charge on any atom is -0.386 e. The Balaban J connectivity index is 1.56. The smallest absolute Gasteiger partial charge is 0.137 e.